The lowest BCUT2D eigenvalue weighted by Gasteiger charge is -2.19. The summed E-state index contributed by atoms with van der Waals surface area (Å²) in [7, 11) is 0. The first-order valence-corrected chi connectivity index (χ1v) is 8.49. The van der Waals surface area contributed by atoms with Gasteiger partial charge in [-0.2, -0.15) is 0 Å². The van der Waals surface area contributed by atoms with Crippen LogP contribution in [0.1, 0.15) is 37.7 Å². The second-order valence-electron chi connectivity index (χ2n) is 6.83. The van der Waals surface area contributed by atoms with Crippen LogP contribution < -0.4 is 9.47 Å². The van der Waals surface area contributed by atoms with Gasteiger partial charge in [0.05, 0.1) is 0 Å². The molecule has 3 heteroatoms. The molecule has 1 saturated carbocycles. The SMILES string of the molecule is c1cc2c(cc1CCN1CCC(C3CCCC3)C1)OCO2. The number of ether oxygens (including phenoxy) is 2. The molecule has 2 fully saturated rings. The third-order valence-corrected chi connectivity index (χ3v) is 5.53. The van der Waals surface area contributed by atoms with Crippen molar-refractivity contribution in [2.75, 3.05) is 26.4 Å². The third kappa shape index (κ3) is 2.89. The number of likely N-dealkylation sites (tertiary alicyclic amines) is 1. The van der Waals surface area contributed by atoms with E-state index in [2.05, 4.69) is 17.0 Å². The molecule has 0 N–H and O–H groups in total. The van der Waals surface area contributed by atoms with Crippen LogP contribution in [0.5, 0.6) is 11.5 Å². The summed E-state index contributed by atoms with van der Waals surface area (Å²) in [4.78, 5) is 2.66. The smallest absolute Gasteiger partial charge is 0.231 e. The summed E-state index contributed by atoms with van der Waals surface area (Å²) in [5.41, 5.74) is 1.36. The lowest BCUT2D eigenvalue weighted by atomic mass is 9.90. The standard InChI is InChI=1S/C18H25NO2/c1-2-4-15(3-1)16-8-10-19(12-16)9-7-14-5-6-17-18(11-14)21-13-20-17/h5-6,11,15-16H,1-4,7-10,12-13H2. The van der Waals surface area contributed by atoms with Gasteiger partial charge in [-0.1, -0.05) is 31.7 Å². The monoisotopic (exact) mass is 287 g/mol. The zero-order valence-corrected chi connectivity index (χ0v) is 12.7. The van der Waals surface area contributed by atoms with Crippen molar-refractivity contribution in [2.24, 2.45) is 11.8 Å². The Morgan fingerprint density at radius 3 is 2.76 bits per heavy atom. The molecule has 1 aliphatic carbocycles. The first-order valence-electron chi connectivity index (χ1n) is 8.49. The van der Waals surface area contributed by atoms with Crippen molar-refractivity contribution in [3.63, 3.8) is 0 Å². The van der Waals surface area contributed by atoms with E-state index in [1.54, 1.807) is 0 Å². The van der Waals surface area contributed by atoms with Crippen molar-refractivity contribution in [2.45, 2.75) is 38.5 Å². The van der Waals surface area contributed by atoms with Crippen LogP contribution in [0.15, 0.2) is 18.2 Å². The molecule has 1 unspecified atom stereocenters. The van der Waals surface area contributed by atoms with E-state index in [1.807, 2.05) is 6.07 Å². The maximum Gasteiger partial charge on any atom is 0.231 e. The minimum absolute atomic E-state index is 0.369. The molecule has 3 aliphatic rings. The summed E-state index contributed by atoms with van der Waals surface area (Å²) in [6.07, 6.45) is 8.46. The fourth-order valence-corrected chi connectivity index (χ4v) is 4.26. The molecule has 0 radical (unpaired) electrons. The summed E-state index contributed by atoms with van der Waals surface area (Å²) in [6.45, 7) is 4.18. The number of fused-ring (bicyclic) bond motifs is 1. The predicted octanol–water partition coefficient (Wildman–Crippen LogP) is 3.47. The molecule has 21 heavy (non-hydrogen) atoms. The Kier molecular flexibility index (Phi) is 3.76. The van der Waals surface area contributed by atoms with Gasteiger partial charge >= 0.3 is 0 Å². The first-order chi connectivity index (χ1) is 10.4. The van der Waals surface area contributed by atoms with Gasteiger partial charge in [-0.15, -0.1) is 0 Å². The molecule has 1 aromatic rings. The molecule has 2 aliphatic heterocycles. The Balaban J connectivity index is 1.29. The Bertz CT molecular complexity index is 496. The van der Waals surface area contributed by atoms with Crippen molar-refractivity contribution < 1.29 is 9.47 Å². The van der Waals surface area contributed by atoms with Crippen molar-refractivity contribution in [3.05, 3.63) is 23.8 Å². The fourth-order valence-electron chi connectivity index (χ4n) is 4.26. The average Bonchev–Trinajstić information content (AvgIpc) is 3.24. The number of hydrogen-bond acceptors (Lipinski definition) is 3. The Labute approximate surface area is 127 Å². The van der Waals surface area contributed by atoms with Gasteiger partial charge in [0.2, 0.25) is 6.79 Å². The van der Waals surface area contributed by atoms with E-state index < -0.39 is 0 Å². The number of hydrogen-bond donors (Lipinski definition) is 0. The van der Waals surface area contributed by atoms with E-state index >= 15 is 0 Å². The first kappa shape index (κ1) is 13.4. The normalized spacial score (nSPS) is 25.8. The van der Waals surface area contributed by atoms with E-state index in [-0.39, 0.29) is 0 Å². The van der Waals surface area contributed by atoms with Crippen LogP contribution in [0.3, 0.4) is 0 Å². The molecule has 2 heterocycles. The molecule has 0 amide bonds. The van der Waals surface area contributed by atoms with Gasteiger partial charge in [0.25, 0.3) is 0 Å². The maximum atomic E-state index is 5.46. The van der Waals surface area contributed by atoms with Gasteiger partial charge in [0, 0.05) is 13.1 Å². The Morgan fingerprint density at radius 1 is 1.00 bits per heavy atom. The minimum Gasteiger partial charge on any atom is -0.454 e. The summed E-state index contributed by atoms with van der Waals surface area (Å²) in [5.74, 6) is 3.81. The van der Waals surface area contributed by atoms with Crippen LogP contribution in [0.2, 0.25) is 0 Å². The quantitative estimate of drug-likeness (QED) is 0.846. The molecular formula is C18H25NO2. The molecule has 0 spiro atoms. The van der Waals surface area contributed by atoms with E-state index in [9.17, 15) is 0 Å². The molecule has 0 bridgehead atoms. The van der Waals surface area contributed by atoms with Crippen LogP contribution >= 0.6 is 0 Å². The van der Waals surface area contributed by atoms with Gasteiger partial charge in [0.1, 0.15) is 0 Å². The number of nitrogens with zero attached hydrogens (tertiary/aromatic N) is 1. The predicted molar refractivity (Wildman–Crippen MR) is 82.8 cm³/mol. The highest BCUT2D eigenvalue weighted by Gasteiger charge is 2.30. The molecule has 4 rings (SSSR count). The van der Waals surface area contributed by atoms with Crippen LogP contribution in [0.25, 0.3) is 0 Å². The largest absolute Gasteiger partial charge is 0.454 e. The summed E-state index contributed by atoms with van der Waals surface area (Å²) in [6, 6.07) is 6.37. The van der Waals surface area contributed by atoms with Crippen molar-refractivity contribution in [3.8, 4) is 11.5 Å². The maximum absolute atomic E-state index is 5.46. The van der Waals surface area contributed by atoms with Gasteiger partial charge in [-0.3, -0.25) is 0 Å². The Hall–Kier alpha value is -1.22. The zero-order valence-electron chi connectivity index (χ0n) is 12.7. The Morgan fingerprint density at radius 2 is 1.86 bits per heavy atom. The average molecular weight is 287 g/mol. The molecule has 1 aromatic carbocycles. The van der Waals surface area contributed by atoms with E-state index in [4.69, 9.17) is 9.47 Å². The van der Waals surface area contributed by atoms with E-state index in [0.29, 0.717) is 6.79 Å². The van der Waals surface area contributed by atoms with Gasteiger partial charge < -0.3 is 14.4 Å². The molecule has 3 nitrogen and oxygen atoms in total. The summed E-state index contributed by atoms with van der Waals surface area (Å²) in [5, 5.41) is 0. The highest BCUT2D eigenvalue weighted by atomic mass is 16.7. The van der Waals surface area contributed by atoms with E-state index in [1.165, 1.54) is 57.3 Å². The molecule has 1 atom stereocenters. The van der Waals surface area contributed by atoms with Crippen LogP contribution in [-0.4, -0.2) is 31.3 Å². The third-order valence-electron chi connectivity index (χ3n) is 5.53. The lowest BCUT2D eigenvalue weighted by molar-refractivity contribution is 0.174. The van der Waals surface area contributed by atoms with Crippen molar-refractivity contribution in [1.29, 1.82) is 0 Å². The van der Waals surface area contributed by atoms with Crippen LogP contribution in [0.4, 0.5) is 0 Å². The summed E-state index contributed by atoms with van der Waals surface area (Å²) < 4.78 is 10.8. The minimum atomic E-state index is 0.369. The molecule has 0 aromatic heterocycles. The fraction of sp³-hybridized carbons (Fsp3) is 0.667. The van der Waals surface area contributed by atoms with Crippen molar-refractivity contribution >= 4 is 0 Å². The topological polar surface area (TPSA) is 21.7 Å². The lowest BCUT2D eigenvalue weighted by Crippen LogP contribution is -2.24. The molecule has 114 valence electrons. The van der Waals surface area contributed by atoms with Crippen LogP contribution in [-0.2, 0) is 6.42 Å². The van der Waals surface area contributed by atoms with Gasteiger partial charge in [-0.05, 0) is 48.9 Å². The van der Waals surface area contributed by atoms with Crippen LogP contribution in [0, 0.1) is 11.8 Å². The second kappa shape index (κ2) is 5.88. The number of benzene rings is 1. The number of rotatable bonds is 4. The van der Waals surface area contributed by atoms with Gasteiger partial charge in [0.15, 0.2) is 11.5 Å². The summed E-state index contributed by atoms with van der Waals surface area (Å²) >= 11 is 0. The zero-order chi connectivity index (χ0) is 14.1. The van der Waals surface area contributed by atoms with Crippen molar-refractivity contribution in [1.82, 2.24) is 4.90 Å². The highest BCUT2D eigenvalue weighted by Crippen LogP contribution is 2.36. The molecule has 1 saturated heterocycles. The molecular weight excluding hydrogens is 262 g/mol. The second-order valence-corrected chi connectivity index (χ2v) is 6.83. The van der Waals surface area contributed by atoms with Gasteiger partial charge in [-0.25, -0.2) is 0 Å². The highest BCUT2D eigenvalue weighted by molar-refractivity contribution is 5.44. The van der Waals surface area contributed by atoms with E-state index in [0.717, 1.165) is 29.8 Å².